The molecule has 4 fully saturated rings. The van der Waals surface area contributed by atoms with Gasteiger partial charge in [0.15, 0.2) is 0 Å². The maximum atomic E-state index is 5.25. The molecule has 9 nitrogen and oxygen atoms in total. The van der Waals surface area contributed by atoms with Crippen molar-refractivity contribution in [2.24, 2.45) is 5.92 Å². The second-order valence-electron chi connectivity index (χ2n) is 43.0. The molecule has 0 saturated heterocycles. The van der Waals surface area contributed by atoms with Gasteiger partial charge in [-0.15, -0.1) is 0 Å². The fourth-order valence-electron chi connectivity index (χ4n) is 19.9. The highest BCUT2D eigenvalue weighted by molar-refractivity contribution is 5.79. The molecule has 0 unspecified atom stereocenters. The highest BCUT2D eigenvalue weighted by Gasteiger charge is 2.64. The van der Waals surface area contributed by atoms with Crippen molar-refractivity contribution in [3.8, 4) is 137 Å². The molecule has 9 aromatic heterocycles. The number of benzene rings is 6. The molecule has 0 radical (unpaired) electrons. The maximum absolute atomic E-state index is 5.25. The molecule has 0 spiro atoms. The van der Waals surface area contributed by atoms with Gasteiger partial charge in [-0.1, -0.05) is 233 Å². The first-order chi connectivity index (χ1) is 61.9. The van der Waals surface area contributed by atoms with Crippen LogP contribution in [0.4, 0.5) is 0 Å². The van der Waals surface area contributed by atoms with Crippen LogP contribution in [0.25, 0.3) is 102 Å². The average molecular weight is 1700 g/mol. The summed E-state index contributed by atoms with van der Waals surface area (Å²) in [6, 6.07) is 92.5. The summed E-state index contributed by atoms with van der Waals surface area (Å²) in [4.78, 5) is 45.0. The van der Waals surface area contributed by atoms with E-state index in [2.05, 4.69) is 415 Å². The van der Waals surface area contributed by atoms with Crippen LogP contribution in [0.1, 0.15) is 247 Å². The van der Waals surface area contributed by atoms with Crippen molar-refractivity contribution in [3.63, 3.8) is 0 Å². The molecule has 4 aliphatic rings. The van der Waals surface area contributed by atoms with Crippen molar-refractivity contribution in [2.45, 2.75) is 212 Å². The van der Waals surface area contributed by atoms with Gasteiger partial charge in [-0.05, 0) is 359 Å². The summed E-state index contributed by atoms with van der Waals surface area (Å²) >= 11 is 0. The van der Waals surface area contributed by atoms with Crippen LogP contribution in [0.15, 0.2) is 292 Å². The molecule has 4 saturated carbocycles. The lowest BCUT2D eigenvalue weighted by Gasteiger charge is -2.67. The van der Waals surface area contributed by atoms with Gasteiger partial charge in [0.05, 0.1) is 68.3 Å². The highest BCUT2D eigenvalue weighted by atomic mass is 14.8. The molecule has 644 valence electrons. The van der Waals surface area contributed by atoms with Crippen molar-refractivity contribution in [3.05, 3.63) is 375 Å². The van der Waals surface area contributed by atoms with Crippen molar-refractivity contribution in [1.82, 2.24) is 44.9 Å². The third-order valence-electron chi connectivity index (χ3n) is 27.1. The zero-order valence-corrected chi connectivity index (χ0v) is 78.6. The van der Waals surface area contributed by atoms with Crippen LogP contribution < -0.4 is 0 Å². The number of aromatic nitrogens is 9. The first-order valence-corrected chi connectivity index (χ1v) is 46.0. The summed E-state index contributed by atoms with van der Waals surface area (Å²) in [6.07, 6.45) is 18.1. The Balaban J connectivity index is 0.638. The number of nitrogens with zero attached hydrogens (tertiary/aromatic N) is 9. The Bertz CT molecular complexity index is 6110. The predicted octanol–water partition coefficient (Wildman–Crippen LogP) is 28.3. The van der Waals surface area contributed by atoms with Gasteiger partial charge in [-0.3, -0.25) is 29.9 Å². The summed E-state index contributed by atoms with van der Waals surface area (Å²) in [5, 5.41) is 0. The van der Waals surface area contributed by atoms with Gasteiger partial charge in [-0.2, -0.15) is 0 Å². The van der Waals surface area contributed by atoms with E-state index in [1.807, 2.05) is 37.2 Å². The van der Waals surface area contributed by atoms with Gasteiger partial charge in [0.2, 0.25) is 0 Å². The molecular weight excluding hydrogens is 1580 g/mol. The van der Waals surface area contributed by atoms with Gasteiger partial charge in [-0.25, -0.2) is 15.0 Å². The first kappa shape index (κ1) is 87.1. The molecular formula is C121H115N9. The number of rotatable bonds is 12. The van der Waals surface area contributed by atoms with E-state index in [0.717, 1.165) is 174 Å². The van der Waals surface area contributed by atoms with E-state index in [4.69, 9.17) is 44.9 Å². The van der Waals surface area contributed by atoms with Crippen LogP contribution in [0, 0.1) is 41.4 Å². The van der Waals surface area contributed by atoms with E-state index in [1.54, 1.807) is 0 Å². The Morgan fingerprint density at radius 3 is 0.538 bits per heavy atom. The molecule has 130 heavy (non-hydrogen) atoms. The molecule has 19 rings (SSSR count). The second kappa shape index (κ2) is 33.8. The Hall–Kier alpha value is -13.7. The number of pyridine rings is 9. The van der Waals surface area contributed by atoms with Crippen LogP contribution in [0.5, 0.6) is 0 Å². The predicted molar refractivity (Wildman–Crippen MR) is 534 cm³/mol. The van der Waals surface area contributed by atoms with Crippen molar-refractivity contribution in [1.29, 1.82) is 0 Å². The molecule has 6 aromatic carbocycles. The van der Waals surface area contributed by atoms with Crippen molar-refractivity contribution in [2.75, 3.05) is 0 Å². The smallest absolute Gasteiger partial charge is 0.0900 e. The van der Waals surface area contributed by atoms with E-state index >= 15 is 0 Å². The van der Waals surface area contributed by atoms with Crippen LogP contribution in [-0.2, 0) is 48.7 Å². The largest absolute Gasteiger partial charge is 0.255 e. The number of hydrogen-bond acceptors (Lipinski definition) is 9. The van der Waals surface area contributed by atoms with Crippen LogP contribution in [0.2, 0.25) is 0 Å². The Morgan fingerprint density at radius 2 is 0.369 bits per heavy atom. The average Bonchev–Trinajstić information content (AvgIpc) is 0.681. The molecule has 0 N–H and O–H groups in total. The lowest BCUT2D eigenvalue weighted by Crippen LogP contribution is -2.61. The van der Waals surface area contributed by atoms with E-state index in [-0.39, 0.29) is 48.7 Å². The van der Waals surface area contributed by atoms with E-state index in [1.165, 1.54) is 50.1 Å². The minimum atomic E-state index is -0.0657. The van der Waals surface area contributed by atoms with Gasteiger partial charge in [0.1, 0.15) is 0 Å². The summed E-state index contributed by atoms with van der Waals surface area (Å²) in [7, 11) is 0. The zero-order valence-electron chi connectivity index (χ0n) is 78.6. The molecule has 9 heteroatoms. The summed E-state index contributed by atoms with van der Waals surface area (Å²) in [5.74, 6) is 22.0. The molecule has 15 aromatic rings. The summed E-state index contributed by atoms with van der Waals surface area (Å²) < 4.78 is 0. The third kappa shape index (κ3) is 18.7. The van der Waals surface area contributed by atoms with Gasteiger partial charge in [0.25, 0.3) is 0 Å². The Kier molecular flexibility index (Phi) is 22.6. The Labute approximate surface area is 770 Å². The number of hydrogen-bond donors (Lipinski definition) is 0. The van der Waals surface area contributed by atoms with Gasteiger partial charge >= 0.3 is 0 Å². The SMILES string of the molecule is CC(C)(C)c1ccnc(-c2cc(-c3ccc(C#Cc4ccc(C56CC7CC(c8ccc(C#Cc9ccc(-c%10cc(-c%11cc(C(C)(C)C)ccn%11)nc(-c%11cc(C(C)(C)C)ccn%11)c%10)cc9)cc8)(C5)CC(c5ccc(C#Cc8ccc(-c9cc(-c%10cc(C(C)(C)C)ccn%10)nc(-c%10cc(C(C)(C)C)ccn%10)c9)cc8)cc5)(C7)C6)cc4)cc3)cc(-c3cc(C(C)(C)C)ccn3)n2)c1. The fourth-order valence-corrected chi connectivity index (χ4v) is 19.9. The van der Waals surface area contributed by atoms with E-state index in [0.29, 0.717) is 5.92 Å². The van der Waals surface area contributed by atoms with Gasteiger partial charge in [0, 0.05) is 70.6 Å². The monoisotopic (exact) mass is 1690 g/mol. The van der Waals surface area contributed by atoms with E-state index < -0.39 is 0 Å². The minimum Gasteiger partial charge on any atom is -0.255 e. The lowest BCUT2D eigenvalue weighted by molar-refractivity contribution is -0.0493. The van der Waals surface area contributed by atoms with Crippen LogP contribution in [0.3, 0.4) is 0 Å². The third-order valence-corrected chi connectivity index (χ3v) is 27.1. The maximum Gasteiger partial charge on any atom is 0.0900 e. The molecule has 0 atom stereocenters. The van der Waals surface area contributed by atoms with Crippen LogP contribution in [-0.4, -0.2) is 44.9 Å². The highest BCUT2D eigenvalue weighted by Crippen LogP contribution is 2.71. The van der Waals surface area contributed by atoms with E-state index in [9.17, 15) is 0 Å². The fraction of sp³-hybridized carbons (Fsp3) is 0.281. The molecule has 0 aliphatic heterocycles. The lowest BCUT2D eigenvalue weighted by atomic mass is 9.36. The normalized spacial score (nSPS) is 17.3. The summed E-state index contributed by atoms with van der Waals surface area (Å²) in [5.41, 5.74) is 32.9. The summed E-state index contributed by atoms with van der Waals surface area (Å²) in [6.45, 7) is 40.2. The second-order valence-corrected chi connectivity index (χ2v) is 43.0. The molecule has 0 amide bonds. The molecule has 4 bridgehead atoms. The van der Waals surface area contributed by atoms with Crippen molar-refractivity contribution >= 4 is 0 Å². The van der Waals surface area contributed by atoms with Gasteiger partial charge < -0.3 is 0 Å². The Morgan fingerprint density at radius 1 is 0.200 bits per heavy atom. The minimum absolute atomic E-state index is 0.0539. The zero-order chi connectivity index (χ0) is 90.9. The molecule has 4 aliphatic carbocycles. The molecule has 9 heterocycles. The topological polar surface area (TPSA) is 116 Å². The van der Waals surface area contributed by atoms with Crippen LogP contribution >= 0.6 is 0 Å². The quantitative estimate of drug-likeness (QED) is 0.110. The van der Waals surface area contributed by atoms with Crippen molar-refractivity contribution < 1.29 is 0 Å². The first-order valence-electron chi connectivity index (χ1n) is 46.0. The standard InChI is InChI=1S/C121H115N9/c1-113(2,3)95-49-55-122-101(67-95)107-61-89(62-108(128-107)102-68-96(50-56-123-102)114(4,5)6)86-37-25-79(26-38-86)19-22-82-31-43-92(44-32-82)119-73-85-74-120(76-119,93-45-33-83(34-46-93)23-20-80-27-39-87(40-28-80)90-63-109(103-69-97(51-57-124-103)115(7,8)9)129-110(64-90)104-70-98(52-58-125-104)116(10,11)12)78-121(75-85,77-119)94-47-35-84(36-48-94)24-21-81-29-41-88(42-30-81)91-65-111(105-71-99(53-59-126-105)117(13,14)15)130-112(66-91)106-72-100(54-60-127-106)118(16,17)18/h25-72,85H,73-78H2,1-18H3.